The van der Waals surface area contributed by atoms with Gasteiger partial charge < -0.3 is 35.1 Å². The van der Waals surface area contributed by atoms with Crippen molar-refractivity contribution in [1.82, 2.24) is 10.2 Å². The number of rotatable bonds is 7. The molecule has 3 N–H and O–H groups in total. The molecule has 1 atom stereocenters. The van der Waals surface area contributed by atoms with Crippen LogP contribution in [0.15, 0.2) is 53.7 Å². The molecule has 0 radical (unpaired) electrons. The first-order valence-electron chi connectivity index (χ1n) is 10.6. The minimum atomic E-state index is -0.464. The summed E-state index contributed by atoms with van der Waals surface area (Å²) in [6, 6.07) is 11.3. The van der Waals surface area contributed by atoms with Crippen molar-refractivity contribution in [3.05, 3.63) is 59.3 Å². The van der Waals surface area contributed by atoms with Crippen molar-refractivity contribution in [2.24, 2.45) is 0 Å². The number of hydrogen-bond acceptors (Lipinski definition) is 6. The third-order valence-corrected chi connectivity index (χ3v) is 5.80. The van der Waals surface area contributed by atoms with E-state index < -0.39 is 18.0 Å². The number of thiocarbonyl (C=S) groups is 1. The van der Waals surface area contributed by atoms with E-state index in [4.69, 9.17) is 26.4 Å². The number of carbonyl (C=O) groups excluding carboxylic acids is 2. The van der Waals surface area contributed by atoms with Crippen molar-refractivity contribution in [2.45, 2.75) is 19.9 Å². The van der Waals surface area contributed by atoms with Gasteiger partial charge in [0.1, 0.15) is 11.5 Å². The van der Waals surface area contributed by atoms with Crippen molar-refractivity contribution in [3.63, 3.8) is 0 Å². The lowest BCUT2D eigenvalue weighted by molar-refractivity contribution is -0.139. The van der Waals surface area contributed by atoms with E-state index in [2.05, 4.69) is 16.0 Å². The molecule has 9 nitrogen and oxygen atoms in total. The monoisotopic (exact) mass is 484 g/mol. The smallest absolute Gasteiger partial charge is 0.338 e. The molecule has 1 aliphatic rings. The van der Waals surface area contributed by atoms with Crippen LogP contribution in [-0.4, -0.2) is 49.9 Å². The molecule has 0 aromatic heterocycles. The minimum Gasteiger partial charge on any atom is -0.497 e. The fourth-order valence-corrected chi connectivity index (χ4v) is 3.76. The van der Waals surface area contributed by atoms with Crippen LogP contribution in [0.5, 0.6) is 11.5 Å². The lowest BCUT2D eigenvalue weighted by atomic mass is 9.95. The summed E-state index contributed by atoms with van der Waals surface area (Å²) in [5.41, 5.74) is 3.09. The summed E-state index contributed by atoms with van der Waals surface area (Å²) >= 11 is 5.41. The van der Waals surface area contributed by atoms with Crippen LogP contribution in [0, 0.1) is 0 Å². The largest absolute Gasteiger partial charge is 0.497 e. The van der Waals surface area contributed by atoms with Crippen LogP contribution in [0.25, 0.3) is 0 Å². The molecule has 34 heavy (non-hydrogen) atoms. The molecule has 0 fully saturated rings. The van der Waals surface area contributed by atoms with Crippen molar-refractivity contribution in [3.8, 4) is 11.5 Å². The number of amides is 2. The van der Waals surface area contributed by atoms with Crippen molar-refractivity contribution >= 4 is 40.7 Å². The number of esters is 1. The molecule has 0 spiro atoms. The highest BCUT2D eigenvalue weighted by atomic mass is 32.1. The van der Waals surface area contributed by atoms with Gasteiger partial charge in [0, 0.05) is 24.5 Å². The second-order valence-corrected chi connectivity index (χ2v) is 7.82. The highest BCUT2D eigenvalue weighted by Gasteiger charge is 2.33. The summed E-state index contributed by atoms with van der Waals surface area (Å²) in [7, 11) is 4.86. The van der Waals surface area contributed by atoms with E-state index >= 15 is 0 Å². The average molecular weight is 485 g/mol. The van der Waals surface area contributed by atoms with Crippen LogP contribution in [0.1, 0.15) is 25.5 Å². The molecule has 180 valence electrons. The number of allylic oxidation sites excluding steroid dienone is 1. The SMILES string of the molecule is CCOC(=O)C1=C(C)N(C)C(=S)N[C@@H]1c1ccc(NC(=O)Nc2ccc(OC)cc2OC)cc1. The number of nitrogens with zero attached hydrogens (tertiary/aromatic N) is 1. The highest BCUT2D eigenvalue weighted by Crippen LogP contribution is 2.32. The molecular weight excluding hydrogens is 456 g/mol. The molecule has 0 unspecified atom stereocenters. The predicted octanol–water partition coefficient (Wildman–Crippen LogP) is 4.05. The topological polar surface area (TPSA) is 101 Å². The molecule has 0 aliphatic carbocycles. The third-order valence-electron chi connectivity index (χ3n) is 5.41. The van der Waals surface area contributed by atoms with Crippen LogP contribution in [0.2, 0.25) is 0 Å². The Morgan fingerprint density at radius 3 is 2.41 bits per heavy atom. The van der Waals surface area contributed by atoms with Crippen LogP contribution in [-0.2, 0) is 9.53 Å². The minimum absolute atomic E-state index is 0.271. The zero-order valence-corrected chi connectivity index (χ0v) is 20.5. The molecule has 2 amide bonds. The summed E-state index contributed by atoms with van der Waals surface area (Å²) in [6.07, 6.45) is 0. The van der Waals surface area contributed by atoms with Gasteiger partial charge in [-0.15, -0.1) is 0 Å². The van der Waals surface area contributed by atoms with Gasteiger partial charge in [0.2, 0.25) is 0 Å². The quantitative estimate of drug-likeness (QED) is 0.400. The van der Waals surface area contributed by atoms with E-state index in [0.29, 0.717) is 33.6 Å². The van der Waals surface area contributed by atoms with Gasteiger partial charge in [-0.25, -0.2) is 9.59 Å². The van der Waals surface area contributed by atoms with Crippen molar-refractivity contribution in [2.75, 3.05) is 38.5 Å². The molecular formula is C24H28N4O5S. The summed E-state index contributed by atoms with van der Waals surface area (Å²) in [5.74, 6) is 0.691. The number of anilines is 2. The Labute approximate surface area is 204 Å². The number of ether oxygens (including phenoxy) is 3. The summed E-state index contributed by atoms with van der Waals surface area (Å²) in [5, 5.41) is 9.24. The molecule has 0 saturated carbocycles. The highest BCUT2D eigenvalue weighted by molar-refractivity contribution is 7.80. The lowest BCUT2D eigenvalue weighted by Crippen LogP contribution is -2.46. The van der Waals surface area contributed by atoms with E-state index in [9.17, 15) is 9.59 Å². The Kier molecular flexibility index (Phi) is 7.95. The maximum Gasteiger partial charge on any atom is 0.338 e. The van der Waals surface area contributed by atoms with Crippen LogP contribution in [0.4, 0.5) is 16.2 Å². The van der Waals surface area contributed by atoms with Gasteiger partial charge >= 0.3 is 12.0 Å². The van der Waals surface area contributed by atoms with E-state index in [0.717, 1.165) is 11.3 Å². The molecule has 3 rings (SSSR count). The first-order chi connectivity index (χ1) is 16.3. The fourth-order valence-electron chi connectivity index (χ4n) is 3.50. The summed E-state index contributed by atoms with van der Waals surface area (Å²) in [4.78, 5) is 26.9. The Balaban J connectivity index is 1.76. The molecule has 1 aliphatic heterocycles. The van der Waals surface area contributed by atoms with Gasteiger partial charge in [-0.3, -0.25) is 0 Å². The standard InChI is InChI=1S/C24H28N4O5S/c1-6-33-22(29)20-14(2)28(3)24(34)27-21(20)15-7-9-16(10-8-15)25-23(30)26-18-12-11-17(31-4)13-19(18)32-5/h7-13,21H,6H2,1-5H3,(H,27,34)(H2,25,26,30)/t21-/m1/s1. The van der Waals surface area contributed by atoms with E-state index in [-0.39, 0.29) is 6.61 Å². The summed E-state index contributed by atoms with van der Waals surface area (Å²) in [6.45, 7) is 3.87. The summed E-state index contributed by atoms with van der Waals surface area (Å²) < 4.78 is 15.7. The van der Waals surface area contributed by atoms with Crippen molar-refractivity contribution < 1.29 is 23.8 Å². The number of methoxy groups -OCH3 is 2. The first-order valence-corrected chi connectivity index (χ1v) is 11.0. The molecule has 2 aromatic rings. The number of hydrogen-bond donors (Lipinski definition) is 3. The molecule has 0 saturated heterocycles. The Bertz CT molecular complexity index is 1120. The predicted molar refractivity (Wildman–Crippen MR) is 134 cm³/mol. The van der Waals surface area contributed by atoms with Crippen LogP contribution < -0.4 is 25.4 Å². The van der Waals surface area contributed by atoms with Gasteiger partial charge in [-0.1, -0.05) is 12.1 Å². The van der Waals surface area contributed by atoms with Crippen LogP contribution in [0.3, 0.4) is 0 Å². The van der Waals surface area contributed by atoms with Gasteiger partial charge in [0.05, 0.1) is 38.1 Å². The maximum absolute atomic E-state index is 12.6. The van der Waals surface area contributed by atoms with E-state index in [1.807, 2.05) is 19.1 Å². The number of benzene rings is 2. The van der Waals surface area contributed by atoms with Gasteiger partial charge in [0.25, 0.3) is 0 Å². The maximum atomic E-state index is 12.6. The normalized spacial score (nSPS) is 15.4. The second kappa shape index (κ2) is 10.9. The molecule has 0 bridgehead atoms. The van der Waals surface area contributed by atoms with Gasteiger partial charge in [0.15, 0.2) is 5.11 Å². The molecule has 2 aromatic carbocycles. The van der Waals surface area contributed by atoms with Crippen LogP contribution >= 0.6 is 12.2 Å². The Morgan fingerprint density at radius 1 is 1.09 bits per heavy atom. The van der Waals surface area contributed by atoms with Gasteiger partial charge in [-0.2, -0.15) is 0 Å². The zero-order chi connectivity index (χ0) is 24.8. The molecule has 10 heteroatoms. The number of carbonyl (C=O) groups is 2. The van der Waals surface area contributed by atoms with E-state index in [1.54, 1.807) is 56.3 Å². The number of urea groups is 1. The second-order valence-electron chi connectivity index (χ2n) is 7.43. The number of nitrogens with one attached hydrogen (secondary N) is 3. The average Bonchev–Trinajstić information content (AvgIpc) is 2.83. The van der Waals surface area contributed by atoms with Crippen molar-refractivity contribution in [1.29, 1.82) is 0 Å². The Hall–Kier alpha value is -3.79. The third kappa shape index (κ3) is 5.40. The fraction of sp³-hybridized carbons (Fsp3) is 0.292. The van der Waals surface area contributed by atoms with Gasteiger partial charge in [-0.05, 0) is 55.9 Å². The van der Waals surface area contributed by atoms with E-state index in [1.165, 1.54) is 7.11 Å². The lowest BCUT2D eigenvalue weighted by Gasteiger charge is -2.35. The zero-order valence-electron chi connectivity index (χ0n) is 19.7. The molecule has 1 heterocycles. The first kappa shape index (κ1) is 24.8. The Morgan fingerprint density at radius 2 is 1.79 bits per heavy atom.